The smallest absolute Gasteiger partial charge is 0.266 e. The minimum absolute atomic E-state index is 0.0523. The summed E-state index contributed by atoms with van der Waals surface area (Å²) in [5, 5.41) is 7.00. The Morgan fingerprint density at radius 1 is 1.11 bits per heavy atom. The van der Waals surface area contributed by atoms with Crippen LogP contribution in [0.25, 0.3) is 11.3 Å². The number of aromatic amines is 1. The fourth-order valence-electron chi connectivity index (χ4n) is 2.64. The maximum Gasteiger partial charge on any atom is 0.266 e. The topological polar surface area (TPSA) is 96.8 Å². The molecule has 0 saturated heterocycles. The summed E-state index contributed by atoms with van der Waals surface area (Å²) in [4.78, 5) is 38.9. The van der Waals surface area contributed by atoms with Crippen LogP contribution in [-0.2, 0) is 6.54 Å². The van der Waals surface area contributed by atoms with E-state index in [1.807, 2.05) is 37.3 Å². The van der Waals surface area contributed by atoms with Gasteiger partial charge in [0, 0.05) is 23.9 Å². The first-order valence-electron chi connectivity index (χ1n) is 8.58. The van der Waals surface area contributed by atoms with Crippen LogP contribution in [0.1, 0.15) is 21.6 Å². The van der Waals surface area contributed by atoms with Crippen molar-refractivity contribution in [1.82, 2.24) is 20.1 Å². The standard InChI is InChI=1S/C20H20N4O3/c1-13-12-16(20(27)22-14(13)2)19(26)21-10-11-24-18(25)9-8-17(23-24)15-6-4-3-5-7-15/h3-9,12H,10-11H2,1-2H3,(H,21,26)(H,22,27). The van der Waals surface area contributed by atoms with Gasteiger partial charge < -0.3 is 10.3 Å². The van der Waals surface area contributed by atoms with Crippen LogP contribution >= 0.6 is 0 Å². The highest BCUT2D eigenvalue weighted by Gasteiger charge is 2.12. The number of nitrogens with zero attached hydrogens (tertiary/aromatic N) is 2. The van der Waals surface area contributed by atoms with Crippen LogP contribution in [0.5, 0.6) is 0 Å². The summed E-state index contributed by atoms with van der Waals surface area (Å²) < 4.78 is 1.30. The molecular formula is C20H20N4O3. The number of rotatable bonds is 5. The quantitative estimate of drug-likeness (QED) is 0.719. The Labute approximate surface area is 155 Å². The van der Waals surface area contributed by atoms with Crippen molar-refractivity contribution in [1.29, 1.82) is 0 Å². The van der Waals surface area contributed by atoms with E-state index in [0.717, 1.165) is 16.8 Å². The molecule has 0 spiro atoms. The SMILES string of the molecule is Cc1cc(C(=O)NCCn2nc(-c3ccccc3)ccc2=O)c(=O)[nH]c1C. The van der Waals surface area contributed by atoms with Gasteiger partial charge >= 0.3 is 0 Å². The van der Waals surface area contributed by atoms with Gasteiger partial charge in [-0.1, -0.05) is 30.3 Å². The number of aromatic nitrogens is 3. The second-order valence-corrected chi connectivity index (χ2v) is 6.22. The average molecular weight is 364 g/mol. The van der Waals surface area contributed by atoms with Gasteiger partial charge in [0.25, 0.3) is 17.0 Å². The van der Waals surface area contributed by atoms with Gasteiger partial charge in [-0.05, 0) is 31.5 Å². The van der Waals surface area contributed by atoms with Crippen LogP contribution in [0.3, 0.4) is 0 Å². The molecule has 0 atom stereocenters. The Balaban J connectivity index is 1.71. The van der Waals surface area contributed by atoms with Gasteiger partial charge in [0.05, 0.1) is 12.2 Å². The maximum absolute atomic E-state index is 12.3. The van der Waals surface area contributed by atoms with Gasteiger partial charge in [-0.3, -0.25) is 14.4 Å². The Kier molecular flexibility index (Phi) is 5.30. The van der Waals surface area contributed by atoms with Gasteiger partial charge in [-0.15, -0.1) is 0 Å². The average Bonchev–Trinajstić information content (AvgIpc) is 2.66. The van der Waals surface area contributed by atoms with Gasteiger partial charge in [0.1, 0.15) is 5.56 Å². The molecule has 2 aromatic heterocycles. The number of benzene rings is 1. The lowest BCUT2D eigenvalue weighted by atomic mass is 10.1. The lowest BCUT2D eigenvalue weighted by molar-refractivity contribution is 0.0950. The number of H-pyrrole nitrogens is 1. The number of aryl methyl sites for hydroxylation is 2. The van der Waals surface area contributed by atoms with Gasteiger partial charge in [-0.25, -0.2) is 4.68 Å². The van der Waals surface area contributed by atoms with E-state index in [9.17, 15) is 14.4 Å². The highest BCUT2D eigenvalue weighted by atomic mass is 16.2. The molecule has 0 aliphatic heterocycles. The summed E-state index contributed by atoms with van der Waals surface area (Å²) in [6.07, 6.45) is 0. The summed E-state index contributed by atoms with van der Waals surface area (Å²) in [6, 6.07) is 14.2. The fourth-order valence-corrected chi connectivity index (χ4v) is 2.64. The van der Waals surface area contributed by atoms with Gasteiger partial charge in [-0.2, -0.15) is 5.10 Å². The Morgan fingerprint density at radius 3 is 2.59 bits per heavy atom. The zero-order valence-corrected chi connectivity index (χ0v) is 15.2. The molecule has 0 bridgehead atoms. The predicted octanol–water partition coefficient (Wildman–Crippen LogP) is 1.65. The summed E-state index contributed by atoms with van der Waals surface area (Å²) in [7, 11) is 0. The third-order valence-corrected chi connectivity index (χ3v) is 4.29. The third-order valence-electron chi connectivity index (χ3n) is 4.29. The summed E-state index contributed by atoms with van der Waals surface area (Å²) in [5.74, 6) is -0.480. The molecule has 0 radical (unpaired) electrons. The molecule has 2 N–H and O–H groups in total. The van der Waals surface area contributed by atoms with Crippen LogP contribution in [0.4, 0.5) is 0 Å². The zero-order valence-electron chi connectivity index (χ0n) is 15.2. The number of hydrogen-bond donors (Lipinski definition) is 2. The van der Waals surface area contributed by atoms with E-state index >= 15 is 0 Å². The molecule has 138 valence electrons. The van der Waals surface area contributed by atoms with Crippen molar-refractivity contribution in [3.63, 3.8) is 0 Å². The highest BCUT2D eigenvalue weighted by Crippen LogP contribution is 2.13. The third kappa shape index (κ3) is 4.20. The molecule has 7 nitrogen and oxygen atoms in total. The van der Waals surface area contributed by atoms with Gasteiger partial charge in [0.15, 0.2) is 0 Å². The molecule has 27 heavy (non-hydrogen) atoms. The molecule has 2 heterocycles. The number of nitrogens with one attached hydrogen (secondary N) is 2. The second-order valence-electron chi connectivity index (χ2n) is 6.22. The van der Waals surface area contributed by atoms with Crippen molar-refractivity contribution in [2.75, 3.05) is 6.54 Å². The van der Waals surface area contributed by atoms with E-state index in [1.54, 1.807) is 19.1 Å². The van der Waals surface area contributed by atoms with E-state index in [0.29, 0.717) is 5.69 Å². The van der Waals surface area contributed by atoms with E-state index < -0.39 is 11.5 Å². The number of amides is 1. The molecule has 0 aliphatic rings. The monoisotopic (exact) mass is 364 g/mol. The minimum atomic E-state index is -0.480. The second kappa shape index (κ2) is 7.82. The summed E-state index contributed by atoms with van der Waals surface area (Å²) >= 11 is 0. The number of carbonyl (C=O) groups excluding carboxylic acids is 1. The Morgan fingerprint density at radius 2 is 1.85 bits per heavy atom. The first-order chi connectivity index (χ1) is 13.0. The summed E-state index contributed by atoms with van der Waals surface area (Å²) in [6.45, 7) is 3.97. The molecule has 7 heteroatoms. The Bertz CT molecular complexity index is 1080. The van der Waals surface area contributed by atoms with Crippen molar-refractivity contribution >= 4 is 5.91 Å². The zero-order chi connectivity index (χ0) is 19.4. The van der Waals surface area contributed by atoms with E-state index in [2.05, 4.69) is 15.4 Å². The molecule has 3 rings (SSSR count). The van der Waals surface area contributed by atoms with Crippen molar-refractivity contribution in [3.8, 4) is 11.3 Å². The maximum atomic E-state index is 12.3. The molecule has 0 fully saturated rings. The predicted molar refractivity (Wildman–Crippen MR) is 103 cm³/mol. The van der Waals surface area contributed by atoms with Gasteiger partial charge in [0.2, 0.25) is 0 Å². The number of pyridine rings is 1. The first-order valence-corrected chi connectivity index (χ1v) is 8.58. The normalized spacial score (nSPS) is 10.6. The molecule has 0 aliphatic carbocycles. The van der Waals surface area contributed by atoms with E-state index in [4.69, 9.17) is 0 Å². The molecule has 1 aromatic carbocycles. The molecule has 0 saturated carbocycles. The fraction of sp³-hybridized carbons (Fsp3) is 0.200. The van der Waals surface area contributed by atoms with Crippen LogP contribution in [-0.4, -0.2) is 27.2 Å². The first kappa shape index (κ1) is 18.3. The number of hydrogen-bond acceptors (Lipinski definition) is 4. The molecule has 0 unspecified atom stereocenters. The van der Waals surface area contributed by atoms with E-state index in [-0.39, 0.29) is 24.2 Å². The summed E-state index contributed by atoms with van der Waals surface area (Å²) in [5.41, 5.74) is 2.49. The van der Waals surface area contributed by atoms with Crippen LogP contribution < -0.4 is 16.4 Å². The number of carbonyl (C=O) groups is 1. The van der Waals surface area contributed by atoms with Crippen molar-refractivity contribution in [2.24, 2.45) is 0 Å². The molecule has 1 amide bonds. The van der Waals surface area contributed by atoms with Crippen molar-refractivity contribution in [3.05, 3.63) is 86.1 Å². The highest BCUT2D eigenvalue weighted by molar-refractivity contribution is 5.93. The van der Waals surface area contributed by atoms with E-state index in [1.165, 1.54) is 10.7 Å². The van der Waals surface area contributed by atoms with Crippen LogP contribution in [0, 0.1) is 13.8 Å². The molecule has 3 aromatic rings. The largest absolute Gasteiger partial charge is 0.350 e. The Hall–Kier alpha value is -3.48. The van der Waals surface area contributed by atoms with Crippen molar-refractivity contribution < 1.29 is 4.79 Å². The molecular weight excluding hydrogens is 344 g/mol. The lowest BCUT2D eigenvalue weighted by Gasteiger charge is -2.09. The van der Waals surface area contributed by atoms with Crippen LogP contribution in [0.15, 0.2) is 58.1 Å². The van der Waals surface area contributed by atoms with Crippen LogP contribution in [0.2, 0.25) is 0 Å². The minimum Gasteiger partial charge on any atom is -0.350 e. The lowest BCUT2D eigenvalue weighted by Crippen LogP contribution is -2.34. The van der Waals surface area contributed by atoms with Crippen molar-refractivity contribution in [2.45, 2.75) is 20.4 Å².